The fraction of sp³-hybridized carbons (Fsp3) is 0.800. The van der Waals surface area contributed by atoms with E-state index in [2.05, 4.69) is 0 Å². The van der Waals surface area contributed by atoms with Crippen LogP contribution >= 0.6 is 0 Å². The van der Waals surface area contributed by atoms with Crippen molar-refractivity contribution in [1.29, 1.82) is 0 Å². The third-order valence-corrected chi connectivity index (χ3v) is 4.54. The van der Waals surface area contributed by atoms with Crippen LogP contribution < -0.4 is 0 Å². The minimum absolute atomic E-state index is 0.0319. The van der Waals surface area contributed by atoms with Crippen LogP contribution in [0.3, 0.4) is 0 Å². The zero-order chi connectivity index (χ0) is 15.4. The van der Waals surface area contributed by atoms with Crippen molar-refractivity contribution in [2.75, 3.05) is 39.3 Å². The van der Waals surface area contributed by atoms with Gasteiger partial charge < -0.3 is 14.7 Å². The molecule has 0 bridgehead atoms. The van der Waals surface area contributed by atoms with Crippen LogP contribution in [0.1, 0.15) is 33.1 Å². The summed E-state index contributed by atoms with van der Waals surface area (Å²) in [6.45, 7) is 7.25. The van der Waals surface area contributed by atoms with Crippen LogP contribution in [-0.4, -0.2) is 71.7 Å². The zero-order valence-corrected chi connectivity index (χ0v) is 13.0. The van der Waals surface area contributed by atoms with Gasteiger partial charge in [-0.2, -0.15) is 0 Å². The lowest BCUT2D eigenvalue weighted by Crippen LogP contribution is -2.45. The standard InChI is InChI=1S/C15H25N3O3/c1-12(19)16-6-3-7-18(11-10-16)15(21)14-4-8-17(9-5-14)13(2)20/h14H,3-11H2,1-2H3. The summed E-state index contributed by atoms with van der Waals surface area (Å²) in [7, 11) is 0. The molecule has 0 aliphatic carbocycles. The first-order valence-electron chi connectivity index (χ1n) is 7.79. The van der Waals surface area contributed by atoms with Crippen molar-refractivity contribution < 1.29 is 14.4 Å². The highest BCUT2D eigenvalue weighted by atomic mass is 16.2. The molecule has 0 N–H and O–H groups in total. The molecule has 0 unspecified atom stereocenters. The zero-order valence-electron chi connectivity index (χ0n) is 13.0. The van der Waals surface area contributed by atoms with Crippen molar-refractivity contribution in [2.45, 2.75) is 33.1 Å². The van der Waals surface area contributed by atoms with Gasteiger partial charge in [-0.3, -0.25) is 14.4 Å². The van der Waals surface area contributed by atoms with Crippen LogP contribution in [0.15, 0.2) is 0 Å². The summed E-state index contributed by atoms with van der Waals surface area (Å²) in [5.74, 6) is 0.403. The molecule has 2 heterocycles. The number of hydrogen-bond donors (Lipinski definition) is 0. The number of carbonyl (C=O) groups is 3. The van der Waals surface area contributed by atoms with Crippen LogP contribution in [0.5, 0.6) is 0 Å². The summed E-state index contributed by atoms with van der Waals surface area (Å²) in [5.41, 5.74) is 0. The van der Waals surface area contributed by atoms with Crippen molar-refractivity contribution in [3.05, 3.63) is 0 Å². The van der Waals surface area contributed by atoms with Crippen molar-refractivity contribution in [3.63, 3.8) is 0 Å². The number of hydrogen-bond acceptors (Lipinski definition) is 3. The molecule has 2 fully saturated rings. The number of carbonyl (C=O) groups excluding carboxylic acids is 3. The van der Waals surface area contributed by atoms with E-state index < -0.39 is 0 Å². The molecule has 0 aromatic rings. The lowest BCUT2D eigenvalue weighted by Gasteiger charge is -2.33. The van der Waals surface area contributed by atoms with E-state index in [0.717, 1.165) is 32.4 Å². The number of piperidine rings is 1. The highest BCUT2D eigenvalue weighted by Gasteiger charge is 2.30. The molecule has 0 atom stereocenters. The monoisotopic (exact) mass is 295 g/mol. The van der Waals surface area contributed by atoms with E-state index in [1.165, 1.54) is 0 Å². The highest BCUT2D eigenvalue weighted by Crippen LogP contribution is 2.20. The summed E-state index contributed by atoms with van der Waals surface area (Å²) in [5, 5.41) is 0. The van der Waals surface area contributed by atoms with Crippen LogP contribution in [-0.2, 0) is 14.4 Å². The summed E-state index contributed by atoms with van der Waals surface area (Å²) >= 11 is 0. The Morgan fingerprint density at radius 3 is 1.76 bits per heavy atom. The average molecular weight is 295 g/mol. The number of nitrogens with zero attached hydrogens (tertiary/aromatic N) is 3. The van der Waals surface area contributed by atoms with E-state index in [0.29, 0.717) is 26.2 Å². The van der Waals surface area contributed by atoms with Crippen LogP contribution in [0.4, 0.5) is 0 Å². The molecule has 118 valence electrons. The molecule has 3 amide bonds. The second-order valence-electron chi connectivity index (χ2n) is 5.97. The van der Waals surface area contributed by atoms with Gasteiger partial charge in [-0.25, -0.2) is 0 Å². The Bertz CT molecular complexity index is 416. The van der Waals surface area contributed by atoms with E-state index >= 15 is 0 Å². The Morgan fingerprint density at radius 2 is 1.19 bits per heavy atom. The van der Waals surface area contributed by atoms with E-state index in [-0.39, 0.29) is 23.6 Å². The Hall–Kier alpha value is -1.59. The van der Waals surface area contributed by atoms with Crippen molar-refractivity contribution in [3.8, 4) is 0 Å². The lowest BCUT2D eigenvalue weighted by atomic mass is 9.95. The molecule has 2 aliphatic heterocycles. The molecule has 6 nitrogen and oxygen atoms in total. The van der Waals surface area contributed by atoms with Crippen LogP contribution in [0, 0.1) is 5.92 Å². The molecule has 0 radical (unpaired) electrons. The third kappa shape index (κ3) is 3.95. The SMILES string of the molecule is CC(=O)N1CCC(C(=O)N2CCCN(C(C)=O)CC2)CC1. The highest BCUT2D eigenvalue weighted by molar-refractivity contribution is 5.80. The van der Waals surface area contributed by atoms with Gasteiger partial charge in [-0.05, 0) is 19.3 Å². The predicted octanol–water partition coefficient (Wildman–Crippen LogP) is 0.326. The molecule has 0 saturated carbocycles. The van der Waals surface area contributed by atoms with E-state index in [1.807, 2.05) is 14.7 Å². The maximum atomic E-state index is 12.6. The summed E-state index contributed by atoms with van der Waals surface area (Å²) in [6, 6.07) is 0. The van der Waals surface area contributed by atoms with Crippen molar-refractivity contribution >= 4 is 17.7 Å². The average Bonchev–Trinajstić information content (AvgIpc) is 2.72. The largest absolute Gasteiger partial charge is 0.343 e. The van der Waals surface area contributed by atoms with Gasteiger partial charge in [0.05, 0.1) is 0 Å². The van der Waals surface area contributed by atoms with Crippen molar-refractivity contribution in [1.82, 2.24) is 14.7 Å². The van der Waals surface area contributed by atoms with Gasteiger partial charge in [-0.1, -0.05) is 0 Å². The fourth-order valence-corrected chi connectivity index (χ4v) is 3.15. The first kappa shape index (κ1) is 15.8. The normalized spacial score (nSPS) is 21.1. The molecule has 2 saturated heterocycles. The van der Waals surface area contributed by atoms with Crippen LogP contribution in [0.2, 0.25) is 0 Å². The molecule has 21 heavy (non-hydrogen) atoms. The van der Waals surface area contributed by atoms with Gasteiger partial charge >= 0.3 is 0 Å². The van der Waals surface area contributed by atoms with E-state index in [1.54, 1.807) is 13.8 Å². The molecule has 2 rings (SSSR count). The topological polar surface area (TPSA) is 60.9 Å². The Morgan fingerprint density at radius 1 is 0.714 bits per heavy atom. The Kier molecular flexibility index (Phi) is 5.20. The molecule has 6 heteroatoms. The first-order valence-corrected chi connectivity index (χ1v) is 7.79. The molecule has 0 spiro atoms. The number of likely N-dealkylation sites (tertiary alicyclic amines) is 1. The Balaban J connectivity index is 1.86. The molecule has 0 aromatic heterocycles. The predicted molar refractivity (Wildman–Crippen MR) is 78.4 cm³/mol. The van der Waals surface area contributed by atoms with E-state index in [9.17, 15) is 14.4 Å². The second-order valence-corrected chi connectivity index (χ2v) is 5.97. The maximum Gasteiger partial charge on any atom is 0.225 e. The molecular weight excluding hydrogens is 270 g/mol. The minimum atomic E-state index is 0.0319. The van der Waals surface area contributed by atoms with Gasteiger partial charge in [0, 0.05) is 59.0 Å². The van der Waals surface area contributed by atoms with Gasteiger partial charge in [-0.15, -0.1) is 0 Å². The molecule has 2 aliphatic rings. The summed E-state index contributed by atoms with van der Waals surface area (Å²) < 4.78 is 0. The van der Waals surface area contributed by atoms with Crippen LogP contribution in [0.25, 0.3) is 0 Å². The summed E-state index contributed by atoms with van der Waals surface area (Å²) in [6.07, 6.45) is 2.36. The minimum Gasteiger partial charge on any atom is -0.343 e. The second kappa shape index (κ2) is 6.91. The third-order valence-electron chi connectivity index (χ3n) is 4.54. The van der Waals surface area contributed by atoms with Crippen molar-refractivity contribution in [2.24, 2.45) is 5.92 Å². The van der Waals surface area contributed by atoms with Gasteiger partial charge in [0.25, 0.3) is 0 Å². The van der Waals surface area contributed by atoms with Gasteiger partial charge in [0.15, 0.2) is 0 Å². The lowest BCUT2D eigenvalue weighted by molar-refractivity contribution is -0.140. The fourth-order valence-electron chi connectivity index (χ4n) is 3.15. The Labute approximate surface area is 126 Å². The maximum absolute atomic E-state index is 12.6. The number of rotatable bonds is 1. The molecule has 0 aromatic carbocycles. The number of amides is 3. The van der Waals surface area contributed by atoms with Gasteiger partial charge in [0.2, 0.25) is 17.7 Å². The summed E-state index contributed by atoms with van der Waals surface area (Å²) in [4.78, 5) is 40.8. The molecular formula is C15H25N3O3. The smallest absolute Gasteiger partial charge is 0.225 e. The quantitative estimate of drug-likeness (QED) is 0.700. The first-order chi connectivity index (χ1) is 9.99. The van der Waals surface area contributed by atoms with Gasteiger partial charge in [0.1, 0.15) is 0 Å². The van der Waals surface area contributed by atoms with E-state index in [4.69, 9.17) is 0 Å².